The van der Waals surface area contributed by atoms with Crippen LogP contribution in [0.15, 0.2) is 49.1 Å². The summed E-state index contributed by atoms with van der Waals surface area (Å²) in [5.41, 5.74) is 5.79. The number of fused-ring (bicyclic) bond motifs is 1. The number of hydrogen-bond donors (Lipinski definition) is 0. The van der Waals surface area contributed by atoms with E-state index in [1.54, 1.807) is 17.1 Å². The van der Waals surface area contributed by atoms with Crippen LogP contribution in [0.5, 0.6) is 0 Å². The van der Waals surface area contributed by atoms with Crippen molar-refractivity contribution in [2.45, 2.75) is 20.3 Å². The summed E-state index contributed by atoms with van der Waals surface area (Å²) in [7, 11) is 0. The van der Waals surface area contributed by atoms with Crippen LogP contribution >= 0.6 is 0 Å². The Morgan fingerprint density at radius 2 is 2.04 bits per heavy atom. The lowest BCUT2D eigenvalue weighted by atomic mass is 10.2. The predicted octanol–water partition coefficient (Wildman–Crippen LogP) is 2.85. The highest BCUT2D eigenvalue weighted by Crippen LogP contribution is 2.23. The molecule has 4 aromatic rings. The third kappa shape index (κ3) is 2.28. The Bertz CT molecular complexity index is 967. The molecule has 6 nitrogen and oxygen atoms in total. The normalized spacial score (nSPS) is 11.2. The minimum absolute atomic E-state index is 0.863. The van der Waals surface area contributed by atoms with Crippen LogP contribution < -0.4 is 0 Å². The Kier molecular flexibility index (Phi) is 3.15. The largest absolute Gasteiger partial charge is 0.306 e. The number of hydrogen-bond acceptors (Lipinski definition) is 4. The molecule has 0 saturated heterocycles. The summed E-state index contributed by atoms with van der Waals surface area (Å²) in [4.78, 5) is 8.69. The molecule has 23 heavy (non-hydrogen) atoms. The second-order valence-corrected chi connectivity index (χ2v) is 5.42. The standard InChI is InChI=1S/C17H16N6/c1-3-14-11-22-10-13(6-7-16(22)19-14)17-12(2)23(21-20-17)15-5-4-8-18-9-15/h4-11H,3H2,1-2H3. The lowest BCUT2D eigenvalue weighted by Crippen LogP contribution is -1.99. The molecule has 0 aliphatic heterocycles. The molecule has 114 valence electrons. The minimum atomic E-state index is 0.863. The molecule has 0 aliphatic carbocycles. The van der Waals surface area contributed by atoms with Gasteiger partial charge in [0.25, 0.3) is 0 Å². The topological polar surface area (TPSA) is 60.9 Å². The smallest absolute Gasteiger partial charge is 0.137 e. The number of aromatic nitrogens is 6. The van der Waals surface area contributed by atoms with E-state index < -0.39 is 0 Å². The van der Waals surface area contributed by atoms with Crippen LogP contribution in [0.1, 0.15) is 18.3 Å². The maximum Gasteiger partial charge on any atom is 0.137 e. The van der Waals surface area contributed by atoms with Crippen molar-refractivity contribution in [3.8, 4) is 16.9 Å². The summed E-state index contributed by atoms with van der Waals surface area (Å²) >= 11 is 0. The summed E-state index contributed by atoms with van der Waals surface area (Å²) in [6, 6.07) is 7.90. The van der Waals surface area contributed by atoms with E-state index in [2.05, 4.69) is 33.4 Å². The zero-order chi connectivity index (χ0) is 15.8. The predicted molar refractivity (Wildman–Crippen MR) is 87.5 cm³/mol. The Labute approximate surface area is 133 Å². The molecule has 0 N–H and O–H groups in total. The first-order chi connectivity index (χ1) is 11.3. The van der Waals surface area contributed by atoms with Crippen molar-refractivity contribution in [3.63, 3.8) is 0 Å². The van der Waals surface area contributed by atoms with Crippen LogP contribution in [-0.2, 0) is 6.42 Å². The van der Waals surface area contributed by atoms with Crippen molar-refractivity contribution in [1.82, 2.24) is 29.4 Å². The average molecular weight is 304 g/mol. The van der Waals surface area contributed by atoms with Gasteiger partial charge in [0.05, 0.1) is 23.3 Å². The molecule has 0 fully saturated rings. The van der Waals surface area contributed by atoms with Crippen LogP contribution in [0.4, 0.5) is 0 Å². The van der Waals surface area contributed by atoms with Crippen molar-refractivity contribution in [3.05, 3.63) is 60.4 Å². The number of imidazole rings is 1. The van der Waals surface area contributed by atoms with Gasteiger partial charge in [0, 0.05) is 24.2 Å². The van der Waals surface area contributed by atoms with Crippen molar-refractivity contribution < 1.29 is 0 Å². The first-order valence-corrected chi connectivity index (χ1v) is 7.57. The molecule has 0 spiro atoms. The summed E-state index contributed by atoms with van der Waals surface area (Å²) in [5.74, 6) is 0. The van der Waals surface area contributed by atoms with Gasteiger partial charge >= 0.3 is 0 Å². The Hall–Kier alpha value is -3.02. The number of nitrogens with zero attached hydrogens (tertiary/aromatic N) is 6. The Balaban J connectivity index is 1.80. The van der Waals surface area contributed by atoms with Gasteiger partial charge in [-0.3, -0.25) is 4.98 Å². The molecule has 0 aliphatic rings. The highest BCUT2D eigenvalue weighted by atomic mass is 15.4. The maximum atomic E-state index is 4.55. The highest BCUT2D eigenvalue weighted by Gasteiger charge is 2.13. The van der Waals surface area contributed by atoms with Gasteiger partial charge in [0.15, 0.2) is 0 Å². The lowest BCUT2D eigenvalue weighted by Gasteiger charge is -2.03. The Morgan fingerprint density at radius 3 is 2.83 bits per heavy atom. The van der Waals surface area contributed by atoms with Crippen molar-refractivity contribution in [2.24, 2.45) is 0 Å². The number of aryl methyl sites for hydroxylation is 1. The average Bonchev–Trinajstić information content (AvgIpc) is 3.18. The lowest BCUT2D eigenvalue weighted by molar-refractivity contribution is 0.782. The van der Waals surface area contributed by atoms with Gasteiger partial charge < -0.3 is 4.40 Å². The highest BCUT2D eigenvalue weighted by molar-refractivity contribution is 5.63. The number of pyridine rings is 2. The van der Waals surface area contributed by atoms with Crippen LogP contribution in [0.25, 0.3) is 22.6 Å². The van der Waals surface area contributed by atoms with E-state index in [1.807, 2.05) is 41.8 Å². The second-order valence-electron chi connectivity index (χ2n) is 5.42. The molecule has 0 unspecified atom stereocenters. The van der Waals surface area contributed by atoms with E-state index in [4.69, 9.17) is 0 Å². The number of rotatable bonds is 3. The van der Waals surface area contributed by atoms with Gasteiger partial charge in [-0.1, -0.05) is 12.1 Å². The molecular formula is C17H16N6. The minimum Gasteiger partial charge on any atom is -0.306 e. The van der Waals surface area contributed by atoms with E-state index in [-0.39, 0.29) is 0 Å². The SMILES string of the molecule is CCc1cn2cc(-c3nnn(-c4cccnc4)c3C)ccc2n1. The van der Waals surface area contributed by atoms with Crippen LogP contribution in [0.2, 0.25) is 0 Å². The van der Waals surface area contributed by atoms with Gasteiger partial charge in [-0.05, 0) is 37.6 Å². The summed E-state index contributed by atoms with van der Waals surface area (Å²) in [5, 5.41) is 8.61. The molecular weight excluding hydrogens is 288 g/mol. The zero-order valence-corrected chi connectivity index (χ0v) is 13.0. The first-order valence-electron chi connectivity index (χ1n) is 7.57. The van der Waals surface area contributed by atoms with Crippen LogP contribution in [0.3, 0.4) is 0 Å². The molecule has 4 rings (SSSR count). The Morgan fingerprint density at radius 1 is 1.13 bits per heavy atom. The molecule has 4 heterocycles. The van der Waals surface area contributed by atoms with Crippen molar-refractivity contribution >= 4 is 5.65 Å². The third-order valence-electron chi connectivity index (χ3n) is 3.92. The summed E-state index contributed by atoms with van der Waals surface area (Å²) < 4.78 is 3.84. The molecule has 0 aromatic carbocycles. The molecule has 0 radical (unpaired) electrons. The molecule has 0 saturated carbocycles. The second kappa shape index (κ2) is 5.31. The van der Waals surface area contributed by atoms with Gasteiger partial charge in [0.1, 0.15) is 11.3 Å². The summed E-state index contributed by atoms with van der Waals surface area (Å²) in [6.45, 7) is 4.12. The maximum absolute atomic E-state index is 4.55. The first kappa shape index (κ1) is 13.6. The molecule has 0 bridgehead atoms. The quantitative estimate of drug-likeness (QED) is 0.584. The zero-order valence-electron chi connectivity index (χ0n) is 13.0. The van der Waals surface area contributed by atoms with Crippen LogP contribution in [-0.4, -0.2) is 29.4 Å². The molecule has 4 aromatic heterocycles. The molecule has 0 atom stereocenters. The summed E-state index contributed by atoms with van der Waals surface area (Å²) in [6.07, 6.45) is 8.55. The van der Waals surface area contributed by atoms with Gasteiger partial charge in [-0.2, -0.15) is 0 Å². The van der Waals surface area contributed by atoms with E-state index in [1.165, 1.54) is 0 Å². The molecule has 6 heteroatoms. The van der Waals surface area contributed by atoms with Gasteiger partial charge in [-0.25, -0.2) is 9.67 Å². The fourth-order valence-corrected chi connectivity index (χ4v) is 2.67. The van der Waals surface area contributed by atoms with E-state index >= 15 is 0 Å². The van der Waals surface area contributed by atoms with Crippen LogP contribution in [0, 0.1) is 6.92 Å². The molecule has 0 amide bonds. The van der Waals surface area contributed by atoms with E-state index in [0.29, 0.717) is 0 Å². The third-order valence-corrected chi connectivity index (χ3v) is 3.92. The fraction of sp³-hybridized carbons (Fsp3) is 0.176. The van der Waals surface area contributed by atoms with Gasteiger partial charge in [0.2, 0.25) is 0 Å². The van der Waals surface area contributed by atoms with Gasteiger partial charge in [-0.15, -0.1) is 5.10 Å². The van der Waals surface area contributed by atoms with Crippen molar-refractivity contribution in [2.75, 3.05) is 0 Å². The fourth-order valence-electron chi connectivity index (χ4n) is 2.67. The van der Waals surface area contributed by atoms with E-state index in [0.717, 1.165) is 40.4 Å². The van der Waals surface area contributed by atoms with Crippen molar-refractivity contribution in [1.29, 1.82) is 0 Å². The monoisotopic (exact) mass is 304 g/mol. The van der Waals surface area contributed by atoms with E-state index in [9.17, 15) is 0 Å².